The first kappa shape index (κ1) is 18.1. The van der Waals surface area contributed by atoms with Crippen LogP contribution >= 0.6 is 0 Å². The topological polar surface area (TPSA) is 32.8 Å². The Labute approximate surface area is 161 Å². The normalized spacial score (nSPS) is 25.3. The zero-order chi connectivity index (χ0) is 18.9. The average Bonchev–Trinajstić information content (AvgIpc) is 3.09. The van der Waals surface area contributed by atoms with Gasteiger partial charge in [-0.1, -0.05) is 42.5 Å². The van der Waals surface area contributed by atoms with Gasteiger partial charge < -0.3 is 9.64 Å². The molecule has 0 radical (unpaired) electrons. The Balaban J connectivity index is 1.56. The molecule has 0 spiro atoms. The minimum absolute atomic E-state index is 0.101. The third-order valence-corrected chi connectivity index (χ3v) is 6.44. The molecule has 4 rings (SSSR count). The predicted molar refractivity (Wildman–Crippen MR) is 107 cm³/mol. The number of fused-ring (bicyclic) bond motifs is 1. The molecule has 2 aliphatic heterocycles. The van der Waals surface area contributed by atoms with Crippen LogP contribution in [0.5, 0.6) is 5.75 Å². The van der Waals surface area contributed by atoms with Crippen molar-refractivity contribution in [3.05, 3.63) is 65.7 Å². The van der Waals surface area contributed by atoms with E-state index in [1.54, 1.807) is 14.0 Å². The molecule has 2 fully saturated rings. The monoisotopic (exact) mass is 364 g/mol. The van der Waals surface area contributed by atoms with Gasteiger partial charge in [-0.15, -0.1) is 0 Å². The number of hydrogen-bond acceptors (Lipinski definition) is 3. The van der Waals surface area contributed by atoms with Crippen molar-refractivity contribution in [2.45, 2.75) is 37.8 Å². The van der Waals surface area contributed by atoms with E-state index in [-0.39, 0.29) is 17.4 Å². The predicted octanol–water partition coefficient (Wildman–Crippen LogP) is 3.46. The lowest BCUT2D eigenvalue weighted by molar-refractivity contribution is -0.131. The molecule has 0 unspecified atom stereocenters. The number of methoxy groups -OCH3 is 1. The maximum atomic E-state index is 12.3. The summed E-state index contributed by atoms with van der Waals surface area (Å²) in [6.45, 7) is 5.48. The molecule has 0 aromatic heterocycles. The van der Waals surface area contributed by atoms with Crippen molar-refractivity contribution in [2.75, 3.05) is 26.7 Å². The number of ether oxygens (including phenoxy) is 1. The van der Waals surface area contributed by atoms with Crippen LogP contribution in [0.2, 0.25) is 0 Å². The Hall–Kier alpha value is -2.33. The molecule has 1 amide bonds. The molecule has 2 aliphatic rings. The van der Waals surface area contributed by atoms with E-state index >= 15 is 0 Å². The number of benzene rings is 2. The van der Waals surface area contributed by atoms with Gasteiger partial charge in [0.2, 0.25) is 5.91 Å². The summed E-state index contributed by atoms with van der Waals surface area (Å²) in [7, 11) is 1.69. The molecule has 0 aliphatic carbocycles. The van der Waals surface area contributed by atoms with Crippen molar-refractivity contribution < 1.29 is 9.53 Å². The second-order valence-corrected chi connectivity index (χ2v) is 7.83. The largest absolute Gasteiger partial charge is 0.497 e. The molecule has 4 nitrogen and oxygen atoms in total. The summed E-state index contributed by atoms with van der Waals surface area (Å²) in [5, 5.41) is 0. The molecule has 2 atom stereocenters. The first-order valence-electron chi connectivity index (χ1n) is 9.80. The minimum atomic E-state index is 0.101. The summed E-state index contributed by atoms with van der Waals surface area (Å²) in [6.07, 6.45) is 2.17. The standard InChI is InChI=1S/C23H28N2O2/c1-18(26)25-15-13-23(20-6-4-3-5-7-20)12-14-24(17-22(23)25)16-19-8-10-21(27-2)11-9-19/h3-11,22H,12-17H2,1-2H3/t22-,23-/m1/s1. The van der Waals surface area contributed by atoms with Gasteiger partial charge in [0.05, 0.1) is 13.2 Å². The highest BCUT2D eigenvalue weighted by atomic mass is 16.5. The third-order valence-electron chi connectivity index (χ3n) is 6.44. The Morgan fingerprint density at radius 3 is 2.44 bits per heavy atom. The SMILES string of the molecule is COc1ccc(CN2CC[C@]3(c4ccccc4)CCN(C(C)=O)[C@@H]3C2)cc1. The Morgan fingerprint density at radius 2 is 1.78 bits per heavy atom. The van der Waals surface area contributed by atoms with Crippen molar-refractivity contribution in [1.82, 2.24) is 9.80 Å². The van der Waals surface area contributed by atoms with E-state index in [0.29, 0.717) is 0 Å². The second kappa shape index (κ2) is 7.35. The van der Waals surface area contributed by atoms with Gasteiger partial charge >= 0.3 is 0 Å². The highest BCUT2D eigenvalue weighted by molar-refractivity contribution is 5.74. The molecule has 0 saturated carbocycles. The molecule has 0 N–H and O–H groups in total. The molecular formula is C23H28N2O2. The maximum absolute atomic E-state index is 12.3. The molecule has 4 heteroatoms. The number of piperidine rings is 1. The van der Waals surface area contributed by atoms with Gasteiger partial charge in [0, 0.05) is 32.0 Å². The molecule has 2 saturated heterocycles. The molecular weight excluding hydrogens is 336 g/mol. The van der Waals surface area contributed by atoms with Crippen LogP contribution in [-0.4, -0.2) is 48.5 Å². The van der Waals surface area contributed by atoms with Gasteiger partial charge in [-0.2, -0.15) is 0 Å². The van der Waals surface area contributed by atoms with Crippen molar-refractivity contribution >= 4 is 5.91 Å². The molecule has 142 valence electrons. The van der Waals surface area contributed by atoms with Crippen molar-refractivity contribution in [3.8, 4) is 5.75 Å². The summed E-state index contributed by atoms with van der Waals surface area (Å²) in [6, 6.07) is 19.4. The summed E-state index contributed by atoms with van der Waals surface area (Å²) < 4.78 is 5.26. The van der Waals surface area contributed by atoms with Gasteiger partial charge in [-0.3, -0.25) is 9.69 Å². The van der Waals surface area contributed by atoms with Crippen molar-refractivity contribution in [2.24, 2.45) is 0 Å². The second-order valence-electron chi connectivity index (χ2n) is 7.83. The maximum Gasteiger partial charge on any atom is 0.219 e. The van der Waals surface area contributed by atoms with E-state index in [1.165, 1.54) is 11.1 Å². The Bertz CT molecular complexity index is 790. The lowest BCUT2D eigenvalue weighted by Crippen LogP contribution is -2.56. The van der Waals surface area contributed by atoms with E-state index in [2.05, 4.69) is 52.3 Å². The number of nitrogens with zero attached hydrogens (tertiary/aromatic N) is 2. The van der Waals surface area contributed by atoms with E-state index in [4.69, 9.17) is 4.74 Å². The van der Waals surface area contributed by atoms with Gasteiger partial charge in [0.25, 0.3) is 0 Å². The van der Waals surface area contributed by atoms with Crippen molar-refractivity contribution in [3.63, 3.8) is 0 Å². The average molecular weight is 364 g/mol. The van der Waals surface area contributed by atoms with Crippen LogP contribution in [0.15, 0.2) is 54.6 Å². The lowest BCUT2D eigenvalue weighted by Gasteiger charge is -2.46. The van der Waals surface area contributed by atoms with E-state index in [9.17, 15) is 4.79 Å². The van der Waals surface area contributed by atoms with Crippen LogP contribution in [0.4, 0.5) is 0 Å². The summed E-state index contributed by atoms with van der Waals surface area (Å²) in [5.41, 5.74) is 2.78. The highest BCUT2D eigenvalue weighted by Crippen LogP contribution is 2.46. The Kier molecular flexibility index (Phi) is 4.92. The molecule has 2 heterocycles. The fraction of sp³-hybridized carbons (Fsp3) is 0.435. The summed E-state index contributed by atoms with van der Waals surface area (Å²) >= 11 is 0. The third kappa shape index (κ3) is 3.34. The minimum Gasteiger partial charge on any atom is -0.497 e. The van der Waals surface area contributed by atoms with Crippen LogP contribution in [0.1, 0.15) is 30.9 Å². The summed E-state index contributed by atoms with van der Waals surface area (Å²) in [5.74, 6) is 1.09. The number of carbonyl (C=O) groups excluding carboxylic acids is 1. The van der Waals surface area contributed by atoms with Crippen LogP contribution in [0.25, 0.3) is 0 Å². The molecule has 2 aromatic rings. The zero-order valence-electron chi connectivity index (χ0n) is 16.2. The molecule has 27 heavy (non-hydrogen) atoms. The van der Waals surface area contributed by atoms with E-state index < -0.39 is 0 Å². The zero-order valence-corrected chi connectivity index (χ0v) is 16.2. The smallest absolute Gasteiger partial charge is 0.219 e. The molecule has 2 aromatic carbocycles. The van der Waals surface area contributed by atoms with Gasteiger partial charge in [0.1, 0.15) is 5.75 Å². The van der Waals surface area contributed by atoms with Gasteiger partial charge in [-0.25, -0.2) is 0 Å². The fourth-order valence-corrected chi connectivity index (χ4v) is 4.96. The van der Waals surface area contributed by atoms with E-state index in [0.717, 1.165) is 44.8 Å². The summed E-state index contributed by atoms with van der Waals surface area (Å²) in [4.78, 5) is 16.9. The first-order valence-corrected chi connectivity index (χ1v) is 9.80. The lowest BCUT2D eigenvalue weighted by atomic mass is 9.69. The number of likely N-dealkylation sites (tertiary alicyclic amines) is 2. The van der Waals surface area contributed by atoms with Gasteiger partial charge in [0.15, 0.2) is 0 Å². The number of rotatable bonds is 4. The molecule has 0 bridgehead atoms. The number of amides is 1. The fourth-order valence-electron chi connectivity index (χ4n) is 4.96. The van der Waals surface area contributed by atoms with Gasteiger partial charge in [-0.05, 0) is 42.6 Å². The van der Waals surface area contributed by atoms with Crippen LogP contribution in [-0.2, 0) is 16.8 Å². The van der Waals surface area contributed by atoms with Crippen molar-refractivity contribution in [1.29, 1.82) is 0 Å². The number of carbonyl (C=O) groups is 1. The highest BCUT2D eigenvalue weighted by Gasteiger charge is 2.51. The van der Waals surface area contributed by atoms with Crippen LogP contribution in [0, 0.1) is 0 Å². The van der Waals surface area contributed by atoms with E-state index in [1.807, 2.05) is 12.1 Å². The number of hydrogen-bond donors (Lipinski definition) is 0. The van der Waals surface area contributed by atoms with Crippen LogP contribution < -0.4 is 4.74 Å². The quantitative estimate of drug-likeness (QED) is 0.833. The first-order chi connectivity index (χ1) is 13.1. The van der Waals surface area contributed by atoms with Crippen LogP contribution in [0.3, 0.4) is 0 Å². The Morgan fingerprint density at radius 1 is 1.07 bits per heavy atom.